The molecule has 2 saturated heterocycles. The molecule has 2 rings (SSSR count). The van der Waals surface area contributed by atoms with Gasteiger partial charge in [-0.3, -0.25) is 4.79 Å². The SMILES string of the molecule is COC1CN(C(=O)[C@@H]2CCCN2)CC1OC. The fraction of sp³-hybridized carbons (Fsp3) is 0.909. The standard InChI is InChI=1S/C11H20N2O3/c1-15-9-6-13(7-10(9)16-2)11(14)8-4-3-5-12-8/h8-10,12H,3-7H2,1-2H3/t8-,9?,10?/m0/s1. The van der Waals surface area contributed by atoms with Gasteiger partial charge in [0.25, 0.3) is 0 Å². The second kappa shape index (κ2) is 5.12. The fourth-order valence-electron chi connectivity index (χ4n) is 2.49. The van der Waals surface area contributed by atoms with Crippen LogP contribution in [0.1, 0.15) is 12.8 Å². The van der Waals surface area contributed by atoms with Gasteiger partial charge in [-0.2, -0.15) is 0 Å². The van der Waals surface area contributed by atoms with Crippen LogP contribution >= 0.6 is 0 Å². The highest BCUT2D eigenvalue weighted by atomic mass is 16.5. The molecule has 5 nitrogen and oxygen atoms in total. The van der Waals surface area contributed by atoms with Crippen LogP contribution in [0.2, 0.25) is 0 Å². The van der Waals surface area contributed by atoms with E-state index in [1.165, 1.54) is 0 Å². The van der Waals surface area contributed by atoms with Gasteiger partial charge in [-0.15, -0.1) is 0 Å². The van der Waals surface area contributed by atoms with Crippen LogP contribution in [0.5, 0.6) is 0 Å². The highest BCUT2D eigenvalue weighted by molar-refractivity contribution is 5.82. The van der Waals surface area contributed by atoms with Crippen molar-refractivity contribution in [2.24, 2.45) is 0 Å². The Bertz CT molecular complexity index is 242. The first-order valence-electron chi connectivity index (χ1n) is 5.84. The molecule has 2 heterocycles. The van der Waals surface area contributed by atoms with Gasteiger partial charge < -0.3 is 19.7 Å². The molecule has 3 atom stereocenters. The maximum Gasteiger partial charge on any atom is 0.239 e. The van der Waals surface area contributed by atoms with Crippen LogP contribution in [0.3, 0.4) is 0 Å². The number of ether oxygens (including phenoxy) is 2. The van der Waals surface area contributed by atoms with E-state index in [-0.39, 0.29) is 24.2 Å². The molecular weight excluding hydrogens is 208 g/mol. The second-order valence-corrected chi connectivity index (χ2v) is 4.44. The predicted octanol–water partition coefficient (Wildman–Crippen LogP) is -0.389. The van der Waals surface area contributed by atoms with Gasteiger partial charge in [-0.05, 0) is 19.4 Å². The quantitative estimate of drug-likeness (QED) is 0.715. The van der Waals surface area contributed by atoms with Crippen molar-refractivity contribution in [3.05, 3.63) is 0 Å². The highest BCUT2D eigenvalue weighted by Gasteiger charge is 2.38. The number of amides is 1. The molecule has 1 N–H and O–H groups in total. The lowest BCUT2D eigenvalue weighted by molar-refractivity contribution is -0.132. The molecule has 2 aliphatic heterocycles. The summed E-state index contributed by atoms with van der Waals surface area (Å²) < 4.78 is 10.6. The average Bonchev–Trinajstić information content (AvgIpc) is 2.96. The minimum absolute atomic E-state index is 0.00751. The third-order valence-corrected chi connectivity index (χ3v) is 3.49. The lowest BCUT2D eigenvalue weighted by Gasteiger charge is -2.20. The van der Waals surface area contributed by atoms with Crippen molar-refractivity contribution in [2.45, 2.75) is 31.1 Å². The Morgan fingerprint density at radius 1 is 1.25 bits per heavy atom. The average molecular weight is 228 g/mol. The van der Waals surface area contributed by atoms with Crippen LogP contribution in [-0.4, -0.2) is 62.9 Å². The molecule has 1 amide bonds. The van der Waals surface area contributed by atoms with Crippen LogP contribution < -0.4 is 5.32 Å². The van der Waals surface area contributed by atoms with Gasteiger partial charge in [-0.1, -0.05) is 0 Å². The first kappa shape index (κ1) is 11.8. The van der Waals surface area contributed by atoms with E-state index in [2.05, 4.69) is 5.32 Å². The Balaban J connectivity index is 1.93. The van der Waals surface area contributed by atoms with Crippen molar-refractivity contribution in [2.75, 3.05) is 33.9 Å². The van der Waals surface area contributed by atoms with Gasteiger partial charge >= 0.3 is 0 Å². The maximum atomic E-state index is 12.1. The number of likely N-dealkylation sites (tertiary alicyclic amines) is 1. The van der Waals surface area contributed by atoms with Crippen LogP contribution in [0, 0.1) is 0 Å². The van der Waals surface area contributed by atoms with Gasteiger partial charge in [0, 0.05) is 27.3 Å². The number of hydrogen-bond acceptors (Lipinski definition) is 4. The molecule has 0 spiro atoms. The fourth-order valence-corrected chi connectivity index (χ4v) is 2.49. The van der Waals surface area contributed by atoms with E-state index >= 15 is 0 Å². The first-order chi connectivity index (χ1) is 7.76. The molecule has 2 fully saturated rings. The van der Waals surface area contributed by atoms with Gasteiger partial charge in [0.05, 0.1) is 6.04 Å². The number of methoxy groups -OCH3 is 2. The summed E-state index contributed by atoms with van der Waals surface area (Å²) >= 11 is 0. The van der Waals surface area contributed by atoms with Crippen molar-refractivity contribution in [3.63, 3.8) is 0 Å². The molecule has 2 aliphatic rings. The lowest BCUT2D eigenvalue weighted by Crippen LogP contribution is -2.43. The molecule has 0 bridgehead atoms. The minimum Gasteiger partial charge on any atom is -0.377 e. The van der Waals surface area contributed by atoms with Crippen molar-refractivity contribution in [1.82, 2.24) is 10.2 Å². The lowest BCUT2D eigenvalue weighted by atomic mass is 10.2. The summed E-state index contributed by atoms with van der Waals surface area (Å²) in [6, 6.07) is 0.00751. The van der Waals surface area contributed by atoms with E-state index in [1.807, 2.05) is 4.90 Å². The molecule has 0 aromatic rings. The van der Waals surface area contributed by atoms with E-state index in [9.17, 15) is 4.79 Å². The molecular formula is C11H20N2O3. The number of nitrogens with one attached hydrogen (secondary N) is 1. The Kier molecular flexibility index (Phi) is 3.78. The van der Waals surface area contributed by atoms with Crippen LogP contribution in [-0.2, 0) is 14.3 Å². The highest BCUT2D eigenvalue weighted by Crippen LogP contribution is 2.18. The van der Waals surface area contributed by atoms with E-state index in [1.54, 1.807) is 14.2 Å². The summed E-state index contributed by atoms with van der Waals surface area (Å²) in [5.74, 6) is 0.194. The Labute approximate surface area is 96.1 Å². The number of hydrogen-bond donors (Lipinski definition) is 1. The summed E-state index contributed by atoms with van der Waals surface area (Å²) in [5, 5.41) is 3.23. The molecule has 16 heavy (non-hydrogen) atoms. The van der Waals surface area contributed by atoms with E-state index < -0.39 is 0 Å². The largest absolute Gasteiger partial charge is 0.377 e. The molecule has 2 unspecified atom stereocenters. The van der Waals surface area contributed by atoms with Crippen LogP contribution in [0.25, 0.3) is 0 Å². The maximum absolute atomic E-state index is 12.1. The summed E-state index contributed by atoms with van der Waals surface area (Å²) in [6.45, 7) is 2.24. The summed E-state index contributed by atoms with van der Waals surface area (Å²) in [7, 11) is 3.33. The molecule has 0 aromatic heterocycles. The number of rotatable bonds is 3. The Morgan fingerprint density at radius 2 is 1.88 bits per heavy atom. The summed E-state index contributed by atoms with van der Waals surface area (Å²) in [6.07, 6.45) is 2.06. The molecule has 0 aromatic carbocycles. The molecule has 5 heteroatoms. The van der Waals surface area contributed by atoms with Gasteiger partial charge in [0.2, 0.25) is 5.91 Å². The monoisotopic (exact) mass is 228 g/mol. The molecule has 0 radical (unpaired) electrons. The normalized spacial score (nSPS) is 34.6. The first-order valence-corrected chi connectivity index (χ1v) is 5.84. The molecule has 92 valence electrons. The second-order valence-electron chi connectivity index (χ2n) is 4.44. The van der Waals surface area contributed by atoms with Gasteiger partial charge in [-0.25, -0.2) is 0 Å². The van der Waals surface area contributed by atoms with Gasteiger partial charge in [0.1, 0.15) is 12.2 Å². The van der Waals surface area contributed by atoms with Crippen molar-refractivity contribution in [3.8, 4) is 0 Å². The van der Waals surface area contributed by atoms with Crippen LogP contribution in [0.4, 0.5) is 0 Å². The smallest absolute Gasteiger partial charge is 0.239 e. The van der Waals surface area contributed by atoms with E-state index in [0.717, 1.165) is 19.4 Å². The number of carbonyl (C=O) groups excluding carboxylic acids is 1. The van der Waals surface area contributed by atoms with Crippen molar-refractivity contribution >= 4 is 5.91 Å². The number of nitrogens with zero attached hydrogens (tertiary/aromatic N) is 1. The number of carbonyl (C=O) groups is 1. The molecule has 0 aliphatic carbocycles. The zero-order valence-electron chi connectivity index (χ0n) is 9.94. The summed E-state index contributed by atoms with van der Waals surface area (Å²) in [5.41, 5.74) is 0. The minimum atomic E-state index is 0.00751. The zero-order valence-corrected chi connectivity index (χ0v) is 9.94. The third-order valence-electron chi connectivity index (χ3n) is 3.49. The van der Waals surface area contributed by atoms with E-state index in [4.69, 9.17) is 9.47 Å². The summed E-state index contributed by atoms with van der Waals surface area (Å²) in [4.78, 5) is 14.0. The zero-order chi connectivity index (χ0) is 11.5. The molecule has 0 saturated carbocycles. The van der Waals surface area contributed by atoms with E-state index in [0.29, 0.717) is 13.1 Å². The Morgan fingerprint density at radius 3 is 2.31 bits per heavy atom. The van der Waals surface area contributed by atoms with Crippen LogP contribution in [0.15, 0.2) is 0 Å². The Hall–Kier alpha value is -0.650. The van der Waals surface area contributed by atoms with Crippen molar-refractivity contribution in [1.29, 1.82) is 0 Å². The topological polar surface area (TPSA) is 50.8 Å². The van der Waals surface area contributed by atoms with Crippen molar-refractivity contribution < 1.29 is 14.3 Å². The third kappa shape index (κ3) is 2.21. The predicted molar refractivity (Wildman–Crippen MR) is 59.2 cm³/mol. The van der Waals surface area contributed by atoms with Gasteiger partial charge in [0.15, 0.2) is 0 Å².